The summed E-state index contributed by atoms with van der Waals surface area (Å²) in [5, 5.41) is 4.85. The van der Waals surface area contributed by atoms with Crippen LogP contribution in [0.3, 0.4) is 0 Å². The van der Waals surface area contributed by atoms with Gasteiger partial charge in [-0.3, -0.25) is 9.59 Å². The minimum atomic E-state index is -0.179. The molecule has 0 spiro atoms. The van der Waals surface area contributed by atoms with Crippen LogP contribution in [-0.2, 0) is 20.7 Å². The number of fused-ring (bicyclic) bond motifs is 2. The third-order valence-corrected chi connectivity index (χ3v) is 4.31. The second-order valence-electron chi connectivity index (χ2n) is 5.60. The fraction of sp³-hybridized carbons (Fsp3) is 0.400. The molecule has 6 nitrogen and oxygen atoms in total. The first kappa shape index (κ1) is 12.4. The predicted octanol–water partition coefficient (Wildman–Crippen LogP) is 1.00. The molecule has 2 aliphatic heterocycles. The number of hydrogen-bond donors (Lipinski definition) is 0. The first-order valence-electron chi connectivity index (χ1n) is 7.00. The molecular formula is C15H14N2O4. The van der Waals surface area contributed by atoms with Crippen molar-refractivity contribution in [1.29, 1.82) is 0 Å². The molecule has 2 aromatic rings. The zero-order chi connectivity index (χ0) is 14.4. The molecule has 1 amide bonds. The zero-order valence-electron chi connectivity index (χ0n) is 11.3. The highest BCUT2D eigenvalue weighted by Crippen LogP contribution is 2.30. The monoisotopic (exact) mass is 286 g/mol. The number of rotatable bonds is 2. The highest BCUT2D eigenvalue weighted by atomic mass is 16.5. The number of aromatic nitrogens is 1. The van der Waals surface area contributed by atoms with Gasteiger partial charge in [-0.1, -0.05) is 17.3 Å². The number of esters is 1. The van der Waals surface area contributed by atoms with Crippen molar-refractivity contribution < 1.29 is 18.8 Å². The third-order valence-electron chi connectivity index (χ3n) is 4.31. The van der Waals surface area contributed by atoms with Crippen LogP contribution in [0, 0.1) is 11.8 Å². The maximum atomic E-state index is 12.4. The number of hydrogen-bond acceptors (Lipinski definition) is 5. The summed E-state index contributed by atoms with van der Waals surface area (Å²) in [6.07, 6.45) is 0.200. The number of amides is 1. The SMILES string of the molecule is O=C1OC[C@H]2CN(C(=O)Cc3noc4ccccc34)C[C@@H]12. The van der Waals surface area contributed by atoms with E-state index >= 15 is 0 Å². The summed E-state index contributed by atoms with van der Waals surface area (Å²) >= 11 is 0. The van der Waals surface area contributed by atoms with Gasteiger partial charge in [0.25, 0.3) is 0 Å². The summed E-state index contributed by atoms with van der Waals surface area (Å²) in [5.41, 5.74) is 1.33. The van der Waals surface area contributed by atoms with Crippen molar-refractivity contribution in [2.24, 2.45) is 11.8 Å². The Labute approximate surface area is 120 Å². The van der Waals surface area contributed by atoms with E-state index in [1.54, 1.807) is 4.90 Å². The van der Waals surface area contributed by atoms with Gasteiger partial charge in [-0.05, 0) is 12.1 Å². The Morgan fingerprint density at radius 1 is 1.33 bits per heavy atom. The topological polar surface area (TPSA) is 72.6 Å². The number of ether oxygens (including phenoxy) is 1. The molecule has 6 heteroatoms. The number of carbonyl (C=O) groups excluding carboxylic acids is 2. The van der Waals surface area contributed by atoms with Crippen LogP contribution in [0.25, 0.3) is 11.0 Å². The van der Waals surface area contributed by atoms with Gasteiger partial charge in [0.1, 0.15) is 5.69 Å². The van der Waals surface area contributed by atoms with Crippen molar-refractivity contribution in [1.82, 2.24) is 10.1 Å². The summed E-state index contributed by atoms with van der Waals surface area (Å²) in [7, 11) is 0. The maximum Gasteiger partial charge on any atom is 0.311 e. The average molecular weight is 286 g/mol. The lowest BCUT2D eigenvalue weighted by Gasteiger charge is -2.16. The molecule has 1 aromatic carbocycles. The number of para-hydroxylation sites is 1. The van der Waals surface area contributed by atoms with Crippen LogP contribution in [0.4, 0.5) is 0 Å². The van der Waals surface area contributed by atoms with E-state index in [2.05, 4.69) is 5.16 Å². The van der Waals surface area contributed by atoms with E-state index in [0.29, 0.717) is 31.0 Å². The van der Waals surface area contributed by atoms with E-state index < -0.39 is 0 Å². The van der Waals surface area contributed by atoms with Gasteiger partial charge in [-0.2, -0.15) is 0 Å². The molecule has 0 radical (unpaired) electrons. The number of carbonyl (C=O) groups is 2. The third kappa shape index (κ3) is 1.98. The Bertz CT molecular complexity index is 723. The van der Waals surface area contributed by atoms with Gasteiger partial charge in [0.2, 0.25) is 5.91 Å². The number of likely N-dealkylation sites (tertiary alicyclic amines) is 1. The van der Waals surface area contributed by atoms with Gasteiger partial charge in [0, 0.05) is 24.4 Å². The van der Waals surface area contributed by atoms with Crippen molar-refractivity contribution in [3.05, 3.63) is 30.0 Å². The normalized spacial score (nSPS) is 24.4. The molecule has 21 heavy (non-hydrogen) atoms. The Morgan fingerprint density at radius 3 is 3.05 bits per heavy atom. The van der Waals surface area contributed by atoms with Gasteiger partial charge in [-0.15, -0.1) is 0 Å². The largest absolute Gasteiger partial charge is 0.465 e. The number of nitrogens with zero attached hydrogens (tertiary/aromatic N) is 2. The fourth-order valence-electron chi connectivity index (χ4n) is 3.13. The van der Waals surface area contributed by atoms with Crippen molar-refractivity contribution in [2.45, 2.75) is 6.42 Å². The highest BCUT2D eigenvalue weighted by Gasteiger charge is 2.45. The van der Waals surface area contributed by atoms with Gasteiger partial charge in [0.15, 0.2) is 5.58 Å². The van der Waals surface area contributed by atoms with Gasteiger partial charge < -0.3 is 14.2 Å². The van der Waals surface area contributed by atoms with Crippen LogP contribution in [0.15, 0.2) is 28.8 Å². The molecule has 108 valence electrons. The minimum Gasteiger partial charge on any atom is -0.465 e. The van der Waals surface area contributed by atoms with E-state index in [1.807, 2.05) is 24.3 Å². The van der Waals surface area contributed by atoms with Crippen molar-refractivity contribution >= 4 is 22.8 Å². The highest BCUT2D eigenvalue weighted by molar-refractivity contribution is 5.87. The summed E-state index contributed by atoms with van der Waals surface area (Å²) in [6, 6.07) is 7.48. The van der Waals surface area contributed by atoms with Crippen LogP contribution in [0.1, 0.15) is 5.69 Å². The molecule has 2 atom stereocenters. The van der Waals surface area contributed by atoms with Crippen molar-refractivity contribution in [3.63, 3.8) is 0 Å². The Morgan fingerprint density at radius 2 is 2.19 bits per heavy atom. The quantitative estimate of drug-likeness (QED) is 0.770. The van der Waals surface area contributed by atoms with E-state index in [0.717, 1.165) is 5.39 Å². The molecule has 3 heterocycles. The van der Waals surface area contributed by atoms with Crippen LogP contribution >= 0.6 is 0 Å². The second kappa shape index (κ2) is 4.58. The Balaban J connectivity index is 1.50. The molecule has 0 unspecified atom stereocenters. The van der Waals surface area contributed by atoms with Crippen LogP contribution < -0.4 is 0 Å². The lowest BCUT2D eigenvalue weighted by molar-refractivity contribution is -0.142. The molecule has 2 aliphatic rings. The van der Waals surface area contributed by atoms with Gasteiger partial charge in [-0.25, -0.2) is 0 Å². The van der Waals surface area contributed by atoms with E-state index in [9.17, 15) is 9.59 Å². The smallest absolute Gasteiger partial charge is 0.311 e. The first-order chi connectivity index (χ1) is 10.2. The molecule has 0 saturated carbocycles. The molecule has 0 N–H and O–H groups in total. The molecule has 2 saturated heterocycles. The van der Waals surface area contributed by atoms with Gasteiger partial charge in [0.05, 0.1) is 18.9 Å². The molecule has 0 aliphatic carbocycles. The number of benzene rings is 1. The molecular weight excluding hydrogens is 272 g/mol. The fourth-order valence-corrected chi connectivity index (χ4v) is 3.13. The Hall–Kier alpha value is -2.37. The lowest BCUT2D eigenvalue weighted by Crippen LogP contribution is -2.32. The zero-order valence-corrected chi connectivity index (χ0v) is 11.3. The second-order valence-corrected chi connectivity index (χ2v) is 5.60. The van der Waals surface area contributed by atoms with Crippen LogP contribution in [-0.4, -0.2) is 41.6 Å². The standard InChI is InChI=1S/C15H14N2O4/c18-14(17-6-9-8-20-15(19)11(9)7-17)5-12-10-3-1-2-4-13(10)21-16-12/h1-4,9,11H,5-8H2/t9-,11-/m1/s1. The molecule has 4 rings (SSSR count). The predicted molar refractivity (Wildman–Crippen MR) is 72.2 cm³/mol. The minimum absolute atomic E-state index is 0.0174. The molecule has 1 aromatic heterocycles. The summed E-state index contributed by atoms with van der Waals surface area (Å²) in [4.78, 5) is 25.6. The number of cyclic esters (lactones) is 1. The summed E-state index contributed by atoms with van der Waals surface area (Å²) in [5.74, 6) is -0.197. The summed E-state index contributed by atoms with van der Waals surface area (Å²) < 4.78 is 10.2. The van der Waals surface area contributed by atoms with E-state index in [1.165, 1.54) is 0 Å². The van der Waals surface area contributed by atoms with E-state index in [4.69, 9.17) is 9.26 Å². The molecule has 0 bridgehead atoms. The van der Waals surface area contributed by atoms with Crippen LogP contribution in [0.5, 0.6) is 0 Å². The van der Waals surface area contributed by atoms with Crippen LogP contribution in [0.2, 0.25) is 0 Å². The average Bonchev–Trinajstić information content (AvgIpc) is 3.16. The van der Waals surface area contributed by atoms with Crippen molar-refractivity contribution in [3.8, 4) is 0 Å². The molecule has 2 fully saturated rings. The summed E-state index contributed by atoms with van der Waals surface area (Å²) in [6.45, 7) is 1.48. The lowest BCUT2D eigenvalue weighted by atomic mass is 10.0. The maximum absolute atomic E-state index is 12.4. The van der Waals surface area contributed by atoms with Gasteiger partial charge >= 0.3 is 5.97 Å². The van der Waals surface area contributed by atoms with E-state index in [-0.39, 0.29) is 30.1 Å². The Kier molecular flexibility index (Phi) is 2.70. The van der Waals surface area contributed by atoms with Crippen molar-refractivity contribution in [2.75, 3.05) is 19.7 Å². The first-order valence-corrected chi connectivity index (χ1v) is 7.00.